The number of carbonyl (C=O) groups excluding carboxylic acids is 1. The molecule has 4 rings (SSSR count). The van der Waals surface area contributed by atoms with E-state index in [2.05, 4.69) is 51.8 Å². The number of hydrogen-bond donors (Lipinski definition) is 2. The van der Waals surface area contributed by atoms with Gasteiger partial charge >= 0.3 is 0 Å². The van der Waals surface area contributed by atoms with Crippen LogP contribution >= 0.6 is 0 Å². The minimum absolute atomic E-state index is 0.102. The molecule has 0 aromatic heterocycles. The zero-order chi connectivity index (χ0) is 17.2. The molecular formula is C20H30N4O. The van der Waals surface area contributed by atoms with Gasteiger partial charge in [-0.3, -0.25) is 4.79 Å². The molecule has 1 amide bonds. The Hall–Kier alpha value is -1.43. The highest BCUT2D eigenvalue weighted by molar-refractivity contribution is 5.83. The summed E-state index contributed by atoms with van der Waals surface area (Å²) in [4.78, 5) is 18.0. The van der Waals surface area contributed by atoms with Crippen molar-refractivity contribution in [2.24, 2.45) is 0 Å². The van der Waals surface area contributed by atoms with Crippen molar-refractivity contribution in [1.82, 2.24) is 20.7 Å². The molecule has 25 heavy (non-hydrogen) atoms. The number of amides is 1. The van der Waals surface area contributed by atoms with Crippen LogP contribution in [0.5, 0.6) is 0 Å². The summed E-state index contributed by atoms with van der Waals surface area (Å²) >= 11 is 0. The van der Waals surface area contributed by atoms with Crippen LogP contribution in [-0.2, 0) is 4.79 Å². The van der Waals surface area contributed by atoms with Crippen molar-refractivity contribution in [2.45, 2.75) is 63.2 Å². The van der Waals surface area contributed by atoms with Gasteiger partial charge in [-0.2, -0.15) is 0 Å². The Labute approximate surface area is 150 Å². The summed E-state index contributed by atoms with van der Waals surface area (Å²) in [5.74, 6) is 0.309. The Kier molecular flexibility index (Phi) is 5.06. The number of likely N-dealkylation sites (tertiary alicyclic amines) is 1. The lowest BCUT2D eigenvalue weighted by Gasteiger charge is -2.39. The first-order valence-electron chi connectivity index (χ1n) is 9.86. The normalized spacial score (nSPS) is 28.2. The monoisotopic (exact) mass is 342 g/mol. The van der Waals surface area contributed by atoms with Crippen LogP contribution in [0.15, 0.2) is 30.3 Å². The van der Waals surface area contributed by atoms with Crippen LogP contribution < -0.4 is 10.9 Å². The fourth-order valence-electron chi connectivity index (χ4n) is 4.33. The van der Waals surface area contributed by atoms with Crippen LogP contribution in [-0.4, -0.2) is 53.5 Å². The fraction of sp³-hybridized carbons (Fsp3) is 0.650. The minimum atomic E-state index is -0.102. The van der Waals surface area contributed by atoms with Crippen molar-refractivity contribution in [2.75, 3.05) is 19.6 Å². The molecule has 5 heteroatoms. The van der Waals surface area contributed by atoms with E-state index in [1.165, 1.54) is 18.4 Å². The van der Waals surface area contributed by atoms with Crippen LogP contribution in [0.1, 0.15) is 50.6 Å². The van der Waals surface area contributed by atoms with Gasteiger partial charge in [-0.25, -0.2) is 10.9 Å². The third-order valence-corrected chi connectivity index (χ3v) is 6.00. The molecular weight excluding hydrogens is 312 g/mol. The van der Waals surface area contributed by atoms with E-state index < -0.39 is 0 Å². The molecule has 2 saturated heterocycles. The van der Waals surface area contributed by atoms with E-state index >= 15 is 0 Å². The maximum atomic E-state index is 13.3. The van der Waals surface area contributed by atoms with Crippen molar-refractivity contribution >= 4 is 5.91 Å². The molecule has 3 aliphatic rings. The highest BCUT2D eigenvalue weighted by Gasteiger charge is 2.42. The van der Waals surface area contributed by atoms with E-state index in [0.717, 1.165) is 38.9 Å². The minimum Gasteiger partial charge on any atom is -0.335 e. The predicted molar refractivity (Wildman–Crippen MR) is 98.9 cm³/mol. The van der Waals surface area contributed by atoms with Crippen molar-refractivity contribution in [3.8, 4) is 0 Å². The molecule has 2 aliphatic heterocycles. The number of rotatable bonds is 5. The van der Waals surface area contributed by atoms with Crippen molar-refractivity contribution in [3.63, 3.8) is 0 Å². The van der Waals surface area contributed by atoms with Crippen LogP contribution in [0.3, 0.4) is 0 Å². The molecule has 1 aromatic rings. The van der Waals surface area contributed by atoms with Gasteiger partial charge in [0.05, 0.1) is 0 Å². The summed E-state index contributed by atoms with van der Waals surface area (Å²) in [5, 5.41) is 0. The molecule has 1 aromatic carbocycles. The summed E-state index contributed by atoms with van der Waals surface area (Å²) in [6.45, 7) is 5.60. The van der Waals surface area contributed by atoms with Gasteiger partial charge < -0.3 is 9.80 Å². The van der Waals surface area contributed by atoms with Crippen LogP contribution in [0.25, 0.3) is 0 Å². The third kappa shape index (κ3) is 3.73. The Morgan fingerprint density at radius 3 is 2.40 bits per heavy atom. The first-order chi connectivity index (χ1) is 12.3. The molecule has 2 atom stereocenters. The van der Waals surface area contributed by atoms with Gasteiger partial charge in [0.2, 0.25) is 5.91 Å². The van der Waals surface area contributed by atoms with Gasteiger partial charge in [-0.1, -0.05) is 37.3 Å². The Morgan fingerprint density at radius 1 is 1.08 bits per heavy atom. The zero-order valence-corrected chi connectivity index (χ0v) is 15.2. The van der Waals surface area contributed by atoms with Crippen LogP contribution in [0.2, 0.25) is 0 Å². The second-order valence-electron chi connectivity index (χ2n) is 7.68. The highest BCUT2D eigenvalue weighted by Crippen LogP contribution is 2.34. The van der Waals surface area contributed by atoms with Crippen LogP contribution in [0.4, 0.5) is 0 Å². The largest absolute Gasteiger partial charge is 0.335 e. The van der Waals surface area contributed by atoms with E-state index in [4.69, 9.17) is 0 Å². The van der Waals surface area contributed by atoms with Gasteiger partial charge in [-0.05, 0) is 44.2 Å². The molecule has 2 heterocycles. The fourth-order valence-corrected chi connectivity index (χ4v) is 4.33. The van der Waals surface area contributed by atoms with E-state index in [1.54, 1.807) is 0 Å². The van der Waals surface area contributed by atoms with Crippen molar-refractivity contribution < 1.29 is 4.79 Å². The average Bonchev–Trinajstić information content (AvgIpc) is 3.37. The molecule has 136 valence electrons. The summed E-state index contributed by atoms with van der Waals surface area (Å²) < 4.78 is 0. The van der Waals surface area contributed by atoms with Crippen molar-refractivity contribution in [1.29, 1.82) is 0 Å². The quantitative estimate of drug-likeness (QED) is 0.860. The average molecular weight is 342 g/mol. The molecule has 0 spiro atoms. The summed E-state index contributed by atoms with van der Waals surface area (Å²) in [5.41, 5.74) is 7.86. The van der Waals surface area contributed by atoms with Crippen molar-refractivity contribution in [3.05, 3.63) is 35.9 Å². The number of piperidine rings is 1. The van der Waals surface area contributed by atoms with E-state index in [1.807, 2.05) is 6.07 Å². The third-order valence-electron chi connectivity index (χ3n) is 6.00. The second kappa shape index (κ2) is 7.44. The summed E-state index contributed by atoms with van der Waals surface area (Å²) in [6.07, 6.45) is 5.44. The van der Waals surface area contributed by atoms with Gasteiger partial charge in [0.1, 0.15) is 6.04 Å². The lowest BCUT2D eigenvalue weighted by atomic mass is 9.99. The van der Waals surface area contributed by atoms with Gasteiger partial charge in [0, 0.05) is 31.2 Å². The standard InChI is InChI=1S/C20H30N4O/c1-2-23-12-10-17(11-13-23)24(16-8-9-16)20(25)19-14-18(21-22-19)15-6-4-3-5-7-15/h3-7,16-19,21-22H,2,8-14H2,1H3. The maximum absolute atomic E-state index is 13.3. The van der Waals surface area contributed by atoms with E-state index in [-0.39, 0.29) is 12.1 Å². The molecule has 1 aliphatic carbocycles. The lowest BCUT2D eigenvalue weighted by Crippen LogP contribution is -2.53. The number of hydrogen-bond acceptors (Lipinski definition) is 4. The Bertz CT molecular complexity index is 581. The van der Waals surface area contributed by atoms with Gasteiger partial charge in [0.25, 0.3) is 0 Å². The summed E-state index contributed by atoms with van der Waals surface area (Å²) in [6, 6.07) is 11.5. The first kappa shape index (κ1) is 17.0. The molecule has 2 unspecified atom stereocenters. The van der Waals surface area contributed by atoms with Crippen LogP contribution in [0, 0.1) is 0 Å². The number of carbonyl (C=O) groups is 1. The predicted octanol–water partition coefficient (Wildman–Crippen LogP) is 2.07. The smallest absolute Gasteiger partial charge is 0.241 e. The number of benzene rings is 1. The SMILES string of the molecule is CCN1CCC(N(C(=O)C2CC(c3ccccc3)NN2)C2CC2)CC1. The number of nitrogens with zero attached hydrogens (tertiary/aromatic N) is 2. The summed E-state index contributed by atoms with van der Waals surface area (Å²) in [7, 11) is 0. The molecule has 3 fully saturated rings. The lowest BCUT2D eigenvalue weighted by molar-refractivity contribution is -0.137. The van der Waals surface area contributed by atoms with Gasteiger partial charge in [0.15, 0.2) is 0 Å². The highest BCUT2D eigenvalue weighted by atomic mass is 16.2. The maximum Gasteiger partial charge on any atom is 0.241 e. The number of nitrogens with one attached hydrogen (secondary N) is 2. The second-order valence-corrected chi connectivity index (χ2v) is 7.68. The molecule has 5 nitrogen and oxygen atoms in total. The molecule has 0 radical (unpaired) electrons. The Morgan fingerprint density at radius 2 is 1.76 bits per heavy atom. The topological polar surface area (TPSA) is 47.6 Å². The van der Waals surface area contributed by atoms with E-state index in [9.17, 15) is 4.79 Å². The van der Waals surface area contributed by atoms with Gasteiger partial charge in [-0.15, -0.1) is 0 Å². The molecule has 0 bridgehead atoms. The molecule has 2 N–H and O–H groups in total. The Balaban J connectivity index is 1.40. The molecule has 1 saturated carbocycles. The van der Waals surface area contributed by atoms with E-state index in [0.29, 0.717) is 18.0 Å². The zero-order valence-electron chi connectivity index (χ0n) is 15.2. The first-order valence-corrected chi connectivity index (χ1v) is 9.86. The number of hydrazine groups is 1.